The van der Waals surface area contributed by atoms with E-state index in [1.165, 1.54) is 0 Å². The fourth-order valence-corrected chi connectivity index (χ4v) is 2.04. The standard InChI is InChI=1S/C15H12O3/c16-13-3-1-2-10(7-13)12-6-11-8-14(17)4-5-15(11)18-9-12/h1-8,16-17H,9H2. The summed E-state index contributed by atoms with van der Waals surface area (Å²) in [6, 6.07) is 12.1. The third kappa shape index (κ3) is 1.91. The molecule has 18 heavy (non-hydrogen) atoms. The fraction of sp³-hybridized carbons (Fsp3) is 0.0667. The zero-order valence-electron chi connectivity index (χ0n) is 9.63. The van der Waals surface area contributed by atoms with E-state index in [0.29, 0.717) is 6.61 Å². The number of fused-ring (bicyclic) bond motifs is 1. The average molecular weight is 240 g/mol. The number of phenols is 2. The van der Waals surface area contributed by atoms with Crippen LogP contribution in [0.4, 0.5) is 0 Å². The maximum absolute atomic E-state index is 9.48. The summed E-state index contributed by atoms with van der Waals surface area (Å²) in [5.74, 6) is 1.21. The summed E-state index contributed by atoms with van der Waals surface area (Å²) in [6.45, 7) is 0.460. The number of rotatable bonds is 1. The third-order valence-corrected chi connectivity index (χ3v) is 2.92. The Morgan fingerprint density at radius 3 is 2.61 bits per heavy atom. The minimum absolute atomic E-state index is 0.214. The van der Waals surface area contributed by atoms with E-state index in [9.17, 15) is 10.2 Å². The first-order valence-electron chi connectivity index (χ1n) is 5.68. The quantitative estimate of drug-likeness (QED) is 0.805. The SMILES string of the molecule is Oc1cccc(C2=Cc3cc(O)ccc3OC2)c1. The first-order valence-corrected chi connectivity index (χ1v) is 5.68. The lowest BCUT2D eigenvalue weighted by atomic mass is 10.0. The second-order valence-electron chi connectivity index (χ2n) is 4.23. The van der Waals surface area contributed by atoms with Gasteiger partial charge in [-0.2, -0.15) is 0 Å². The molecule has 0 saturated carbocycles. The summed E-state index contributed by atoms with van der Waals surface area (Å²) in [4.78, 5) is 0. The van der Waals surface area contributed by atoms with Gasteiger partial charge in [0.1, 0.15) is 23.9 Å². The lowest BCUT2D eigenvalue weighted by molar-refractivity contribution is 0.364. The largest absolute Gasteiger partial charge is 0.508 e. The lowest BCUT2D eigenvalue weighted by Crippen LogP contribution is -2.06. The second kappa shape index (κ2) is 4.11. The van der Waals surface area contributed by atoms with Gasteiger partial charge >= 0.3 is 0 Å². The first kappa shape index (κ1) is 10.7. The maximum atomic E-state index is 9.48. The van der Waals surface area contributed by atoms with E-state index in [1.807, 2.05) is 12.1 Å². The molecule has 0 amide bonds. The van der Waals surface area contributed by atoms with E-state index >= 15 is 0 Å². The van der Waals surface area contributed by atoms with E-state index in [0.717, 1.165) is 22.4 Å². The van der Waals surface area contributed by atoms with Gasteiger partial charge < -0.3 is 14.9 Å². The van der Waals surface area contributed by atoms with Crippen LogP contribution in [0.1, 0.15) is 11.1 Å². The van der Waals surface area contributed by atoms with Crippen molar-refractivity contribution in [3.63, 3.8) is 0 Å². The van der Waals surface area contributed by atoms with Gasteiger partial charge in [-0.25, -0.2) is 0 Å². The minimum atomic E-state index is 0.214. The van der Waals surface area contributed by atoms with Crippen LogP contribution in [-0.2, 0) is 0 Å². The molecule has 3 heteroatoms. The molecular weight excluding hydrogens is 228 g/mol. The van der Waals surface area contributed by atoms with Crippen molar-refractivity contribution < 1.29 is 14.9 Å². The molecule has 0 bridgehead atoms. The van der Waals surface area contributed by atoms with Crippen LogP contribution in [0.5, 0.6) is 17.2 Å². The van der Waals surface area contributed by atoms with Crippen molar-refractivity contribution in [2.24, 2.45) is 0 Å². The lowest BCUT2D eigenvalue weighted by Gasteiger charge is -2.18. The van der Waals surface area contributed by atoms with Gasteiger partial charge in [0.15, 0.2) is 0 Å². The van der Waals surface area contributed by atoms with Crippen LogP contribution in [0.25, 0.3) is 11.6 Å². The van der Waals surface area contributed by atoms with E-state index < -0.39 is 0 Å². The van der Waals surface area contributed by atoms with Gasteiger partial charge in [0.2, 0.25) is 0 Å². The third-order valence-electron chi connectivity index (χ3n) is 2.92. The predicted octanol–water partition coefficient (Wildman–Crippen LogP) is 3.03. The molecule has 3 rings (SSSR count). The highest BCUT2D eigenvalue weighted by Crippen LogP contribution is 2.33. The topological polar surface area (TPSA) is 49.7 Å². The summed E-state index contributed by atoms with van der Waals surface area (Å²) in [7, 11) is 0. The Morgan fingerprint density at radius 2 is 1.78 bits per heavy atom. The molecule has 3 nitrogen and oxygen atoms in total. The molecule has 0 aromatic heterocycles. The Bertz CT molecular complexity index is 629. The molecule has 1 aliphatic heterocycles. The molecule has 2 aromatic carbocycles. The van der Waals surface area contributed by atoms with E-state index in [1.54, 1.807) is 36.4 Å². The zero-order chi connectivity index (χ0) is 12.5. The van der Waals surface area contributed by atoms with Crippen LogP contribution < -0.4 is 4.74 Å². The van der Waals surface area contributed by atoms with Gasteiger partial charge in [-0.3, -0.25) is 0 Å². The number of benzene rings is 2. The minimum Gasteiger partial charge on any atom is -0.508 e. The molecule has 0 saturated heterocycles. The summed E-state index contributed by atoms with van der Waals surface area (Å²) >= 11 is 0. The Kier molecular flexibility index (Phi) is 2.45. The molecule has 0 spiro atoms. The molecule has 1 heterocycles. The molecule has 2 N–H and O–H groups in total. The van der Waals surface area contributed by atoms with Gasteiger partial charge in [-0.15, -0.1) is 0 Å². The summed E-state index contributed by atoms with van der Waals surface area (Å²) in [5.41, 5.74) is 2.74. The highest BCUT2D eigenvalue weighted by Gasteiger charge is 2.13. The van der Waals surface area contributed by atoms with E-state index in [-0.39, 0.29) is 11.5 Å². The van der Waals surface area contributed by atoms with Crippen molar-refractivity contribution in [1.29, 1.82) is 0 Å². The first-order chi connectivity index (χ1) is 8.72. The van der Waals surface area contributed by atoms with Crippen molar-refractivity contribution in [2.45, 2.75) is 0 Å². The van der Waals surface area contributed by atoms with Crippen molar-refractivity contribution >= 4 is 11.6 Å². The van der Waals surface area contributed by atoms with Crippen LogP contribution in [-0.4, -0.2) is 16.8 Å². The van der Waals surface area contributed by atoms with Crippen molar-refractivity contribution in [2.75, 3.05) is 6.61 Å². The summed E-state index contributed by atoms with van der Waals surface area (Å²) in [5, 5.41) is 18.9. The Balaban J connectivity index is 2.05. The number of phenolic OH excluding ortho intramolecular Hbond substituents is 2. The van der Waals surface area contributed by atoms with Crippen molar-refractivity contribution in [3.05, 3.63) is 53.6 Å². The highest BCUT2D eigenvalue weighted by atomic mass is 16.5. The van der Waals surface area contributed by atoms with Gasteiger partial charge in [-0.1, -0.05) is 12.1 Å². The molecule has 0 atom stereocenters. The van der Waals surface area contributed by atoms with Crippen LogP contribution in [0.15, 0.2) is 42.5 Å². The molecule has 90 valence electrons. The zero-order valence-corrected chi connectivity index (χ0v) is 9.63. The molecule has 0 aliphatic carbocycles. The molecule has 1 aliphatic rings. The molecular formula is C15H12O3. The predicted molar refractivity (Wildman–Crippen MR) is 69.6 cm³/mol. The van der Waals surface area contributed by atoms with Crippen molar-refractivity contribution in [1.82, 2.24) is 0 Å². The van der Waals surface area contributed by atoms with Crippen LogP contribution in [0.2, 0.25) is 0 Å². The van der Waals surface area contributed by atoms with Crippen molar-refractivity contribution in [3.8, 4) is 17.2 Å². The Hall–Kier alpha value is -2.42. The van der Waals surface area contributed by atoms with Gasteiger partial charge in [0.25, 0.3) is 0 Å². The molecule has 0 fully saturated rings. The number of hydrogen-bond donors (Lipinski definition) is 2. The monoisotopic (exact) mass is 240 g/mol. The fourth-order valence-electron chi connectivity index (χ4n) is 2.04. The van der Waals surface area contributed by atoms with Gasteiger partial charge in [-0.05, 0) is 47.5 Å². The normalized spacial score (nSPS) is 13.4. The van der Waals surface area contributed by atoms with Gasteiger partial charge in [0, 0.05) is 5.56 Å². The Labute approximate surface area is 105 Å². The van der Waals surface area contributed by atoms with Gasteiger partial charge in [0.05, 0.1) is 0 Å². The number of ether oxygens (including phenoxy) is 1. The maximum Gasteiger partial charge on any atom is 0.127 e. The van der Waals surface area contributed by atoms with Crippen LogP contribution in [0, 0.1) is 0 Å². The van der Waals surface area contributed by atoms with Crippen LogP contribution in [0.3, 0.4) is 0 Å². The Morgan fingerprint density at radius 1 is 0.944 bits per heavy atom. The average Bonchev–Trinajstić information content (AvgIpc) is 2.38. The molecule has 2 aromatic rings. The summed E-state index contributed by atoms with van der Waals surface area (Å²) < 4.78 is 5.62. The molecule has 0 unspecified atom stereocenters. The highest BCUT2D eigenvalue weighted by molar-refractivity contribution is 5.86. The van der Waals surface area contributed by atoms with E-state index in [4.69, 9.17) is 4.74 Å². The number of aromatic hydroxyl groups is 2. The van der Waals surface area contributed by atoms with E-state index in [2.05, 4.69) is 0 Å². The van der Waals surface area contributed by atoms with Crippen LogP contribution >= 0.6 is 0 Å². The smallest absolute Gasteiger partial charge is 0.127 e. The summed E-state index contributed by atoms with van der Waals surface area (Å²) in [6.07, 6.45) is 1.97. The second-order valence-corrected chi connectivity index (χ2v) is 4.23. The molecule has 0 radical (unpaired) electrons. The number of hydrogen-bond acceptors (Lipinski definition) is 3.